The second-order valence-corrected chi connectivity index (χ2v) is 5.74. The Labute approximate surface area is 153 Å². The van der Waals surface area contributed by atoms with E-state index in [0.717, 1.165) is 0 Å². The average molecular weight is 370 g/mol. The zero-order valence-corrected chi connectivity index (χ0v) is 15.6. The molecule has 1 heterocycles. The van der Waals surface area contributed by atoms with E-state index in [-0.39, 0.29) is 19.6 Å². The van der Waals surface area contributed by atoms with Crippen LogP contribution in [0.1, 0.15) is 26.7 Å². The summed E-state index contributed by atoms with van der Waals surface area (Å²) in [6.45, 7) is 6.68. The summed E-state index contributed by atoms with van der Waals surface area (Å²) < 4.78 is 32.4. The summed E-state index contributed by atoms with van der Waals surface area (Å²) in [5.74, 6) is -2.20. The van der Waals surface area contributed by atoms with Crippen molar-refractivity contribution in [2.45, 2.75) is 50.5 Å². The van der Waals surface area contributed by atoms with Crippen LogP contribution >= 0.6 is 0 Å². The third kappa shape index (κ3) is 4.83. The maximum atomic E-state index is 12.4. The number of terminal acetylenes is 1. The molecule has 1 aliphatic rings. The van der Waals surface area contributed by atoms with Crippen LogP contribution in [0.2, 0.25) is 0 Å². The quantitative estimate of drug-likeness (QED) is 0.259. The molecule has 0 bridgehead atoms. The van der Waals surface area contributed by atoms with Gasteiger partial charge in [0.2, 0.25) is 11.6 Å². The fourth-order valence-corrected chi connectivity index (χ4v) is 2.25. The molecule has 0 aliphatic carbocycles. The monoisotopic (exact) mass is 370 g/mol. The molecule has 4 atom stereocenters. The minimum absolute atomic E-state index is 0.0152. The lowest BCUT2D eigenvalue weighted by Crippen LogP contribution is -2.68. The summed E-state index contributed by atoms with van der Waals surface area (Å²) in [6, 6.07) is 0. The number of ether oxygens (including phenoxy) is 6. The van der Waals surface area contributed by atoms with Gasteiger partial charge in [0.1, 0.15) is 6.61 Å². The van der Waals surface area contributed by atoms with Gasteiger partial charge in [0.25, 0.3) is 0 Å². The Bertz CT molecular complexity index is 554. The fourth-order valence-electron chi connectivity index (χ4n) is 2.25. The molecular formula is C18H26O8. The first-order chi connectivity index (χ1) is 12.3. The first kappa shape index (κ1) is 22.1. The zero-order valence-electron chi connectivity index (χ0n) is 15.6. The summed E-state index contributed by atoms with van der Waals surface area (Å²) in [5.41, 5.74) is 0. The van der Waals surface area contributed by atoms with Crippen molar-refractivity contribution in [3.63, 3.8) is 0 Å². The average Bonchev–Trinajstić information content (AvgIpc) is 2.63. The fraction of sp³-hybridized carbons (Fsp3) is 0.667. The summed E-state index contributed by atoms with van der Waals surface area (Å²) in [7, 11) is 2.73. The van der Waals surface area contributed by atoms with Gasteiger partial charge in [-0.15, -0.1) is 18.9 Å². The predicted molar refractivity (Wildman–Crippen MR) is 90.8 cm³/mol. The Morgan fingerprint density at radius 2 is 1.54 bits per heavy atom. The van der Waals surface area contributed by atoms with Crippen molar-refractivity contribution in [1.82, 2.24) is 0 Å². The lowest BCUT2D eigenvalue weighted by Gasteiger charge is -2.50. The second kappa shape index (κ2) is 9.69. The van der Waals surface area contributed by atoms with E-state index in [1.807, 2.05) is 0 Å². The van der Waals surface area contributed by atoms with Crippen molar-refractivity contribution in [2.24, 2.45) is 0 Å². The summed E-state index contributed by atoms with van der Waals surface area (Å²) >= 11 is 0. The molecule has 26 heavy (non-hydrogen) atoms. The molecule has 1 aliphatic heterocycles. The zero-order chi connectivity index (χ0) is 19.8. The van der Waals surface area contributed by atoms with Crippen molar-refractivity contribution in [1.29, 1.82) is 0 Å². The highest BCUT2D eigenvalue weighted by Crippen LogP contribution is 2.39. The molecule has 1 saturated heterocycles. The summed E-state index contributed by atoms with van der Waals surface area (Å²) in [5, 5.41) is 0. The first-order valence-electron chi connectivity index (χ1n) is 8.12. The van der Waals surface area contributed by atoms with E-state index in [4.69, 9.17) is 34.8 Å². The molecule has 1 rings (SSSR count). The number of hydrogen-bond donors (Lipinski definition) is 0. The Balaban J connectivity index is 3.05. The number of esters is 2. The van der Waals surface area contributed by atoms with Crippen LogP contribution in [-0.4, -0.2) is 63.2 Å². The maximum Gasteiger partial charge on any atom is 0.338 e. The molecule has 0 radical (unpaired) electrons. The van der Waals surface area contributed by atoms with Crippen LogP contribution in [0.4, 0.5) is 0 Å². The number of methoxy groups -OCH3 is 2. The highest BCUT2D eigenvalue weighted by molar-refractivity contribution is 5.86. The van der Waals surface area contributed by atoms with Gasteiger partial charge in [-0.3, -0.25) is 0 Å². The van der Waals surface area contributed by atoms with Gasteiger partial charge in [-0.05, 0) is 20.3 Å². The molecule has 1 fully saturated rings. The highest BCUT2D eigenvalue weighted by atomic mass is 16.8. The van der Waals surface area contributed by atoms with Gasteiger partial charge in [0.15, 0.2) is 12.2 Å². The summed E-state index contributed by atoms with van der Waals surface area (Å²) in [4.78, 5) is 24.8. The van der Waals surface area contributed by atoms with E-state index in [1.165, 1.54) is 28.1 Å². The van der Waals surface area contributed by atoms with E-state index >= 15 is 0 Å². The third-order valence-corrected chi connectivity index (χ3v) is 4.10. The molecule has 0 amide bonds. The SMILES string of the molecule is C#CCCOC(=O)[C@@H]1O[C@@](C)(OC)[C@](C)(OC)O[C@H]1C(=O)OCCC=C. The molecule has 8 nitrogen and oxygen atoms in total. The maximum absolute atomic E-state index is 12.4. The Morgan fingerprint density at radius 1 is 1.08 bits per heavy atom. The Hall–Kier alpha value is -1.92. The lowest BCUT2D eigenvalue weighted by molar-refractivity contribution is -0.439. The predicted octanol–water partition coefficient (Wildman–Crippen LogP) is 1.18. The minimum Gasteiger partial charge on any atom is -0.463 e. The molecule has 0 saturated carbocycles. The van der Waals surface area contributed by atoms with Crippen molar-refractivity contribution >= 4 is 11.9 Å². The van der Waals surface area contributed by atoms with Gasteiger partial charge in [-0.2, -0.15) is 0 Å². The molecular weight excluding hydrogens is 344 g/mol. The van der Waals surface area contributed by atoms with Crippen molar-refractivity contribution in [3.05, 3.63) is 12.7 Å². The summed E-state index contributed by atoms with van der Waals surface area (Å²) in [6.07, 6.45) is 4.61. The molecule has 0 unspecified atom stereocenters. The number of hydrogen-bond acceptors (Lipinski definition) is 8. The van der Waals surface area contributed by atoms with E-state index in [1.54, 1.807) is 6.08 Å². The van der Waals surface area contributed by atoms with Gasteiger partial charge in [0, 0.05) is 20.6 Å². The van der Waals surface area contributed by atoms with Gasteiger partial charge in [-0.1, -0.05) is 6.08 Å². The standard InChI is InChI=1S/C18H26O8/c1-7-9-11-23-15(19)13-14(16(20)24-12-10-8-2)26-18(4,22-6)17(3,21-5)25-13/h1,8,13-14H,2,9-12H2,3-6H3/t13-,14-,17-,18-/m1/s1. The van der Waals surface area contributed by atoms with Crippen LogP contribution in [0.15, 0.2) is 12.7 Å². The molecule has 0 aromatic heterocycles. The lowest BCUT2D eigenvalue weighted by atomic mass is 10.0. The van der Waals surface area contributed by atoms with Gasteiger partial charge in [0.05, 0.1) is 6.61 Å². The number of rotatable bonds is 9. The van der Waals surface area contributed by atoms with Crippen molar-refractivity contribution in [3.8, 4) is 12.3 Å². The van der Waals surface area contributed by atoms with Gasteiger partial charge in [-0.25, -0.2) is 9.59 Å². The molecule has 0 aromatic rings. The molecule has 146 valence electrons. The number of carbonyl (C=O) groups is 2. The molecule has 0 aromatic carbocycles. The van der Waals surface area contributed by atoms with Crippen LogP contribution in [0, 0.1) is 12.3 Å². The van der Waals surface area contributed by atoms with Gasteiger partial charge < -0.3 is 28.4 Å². The van der Waals surface area contributed by atoms with Crippen molar-refractivity contribution < 1.29 is 38.0 Å². The molecule has 8 heteroatoms. The van der Waals surface area contributed by atoms with E-state index < -0.39 is 35.7 Å². The Kier molecular flexibility index (Phi) is 8.24. The van der Waals surface area contributed by atoms with Crippen LogP contribution in [-0.2, 0) is 38.0 Å². The smallest absolute Gasteiger partial charge is 0.338 e. The molecule has 0 spiro atoms. The van der Waals surface area contributed by atoms with E-state index in [2.05, 4.69) is 12.5 Å². The molecule has 0 N–H and O–H groups in total. The second-order valence-electron chi connectivity index (χ2n) is 5.74. The third-order valence-electron chi connectivity index (χ3n) is 4.10. The number of carbonyl (C=O) groups excluding carboxylic acids is 2. The van der Waals surface area contributed by atoms with E-state index in [9.17, 15) is 9.59 Å². The van der Waals surface area contributed by atoms with Crippen LogP contribution < -0.4 is 0 Å². The Morgan fingerprint density at radius 3 is 1.92 bits per heavy atom. The largest absolute Gasteiger partial charge is 0.463 e. The normalized spacial score (nSPS) is 30.9. The van der Waals surface area contributed by atoms with Gasteiger partial charge >= 0.3 is 11.9 Å². The minimum atomic E-state index is -1.48. The van der Waals surface area contributed by atoms with Crippen LogP contribution in [0.3, 0.4) is 0 Å². The van der Waals surface area contributed by atoms with E-state index in [0.29, 0.717) is 6.42 Å². The first-order valence-corrected chi connectivity index (χ1v) is 8.12. The topological polar surface area (TPSA) is 89.5 Å². The highest BCUT2D eigenvalue weighted by Gasteiger charge is 2.60. The van der Waals surface area contributed by atoms with Crippen molar-refractivity contribution in [2.75, 3.05) is 27.4 Å². The van der Waals surface area contributed by atoms with Crippen LogP contribution in [0.25, 0.3) is 0 Å². The van der Waals surface area contributed by atoms with Crippen LogP contribution in [0.5, 0.6) is 0 Å².